The topological polar surface area (TPSA) is 52.7 Å². The normalized spacial score (nSPS) is 23.0. The molecule has 0 bridgehead atoms. The highest BCUT2D eigenvalue weighted by molar-refractivity contribution is 6.35. The third-order valence-electron chi connectivity index (χ3n) is 3.93. The molecule has 21 heavy (non-hydrogen) atoms. The fraction of sp³-hybridized carbons (Fsp3) is 0.429. The summed E-state index contributed by atoms with van der Waals surface area (Å²) in [5.41, 5.74) is 0.582. The van der Waals surface area contributed by atoms with Crippen LogP contribution in [-0.4, -0.2) is 53.8 Å². The van der Waals surface area contributed by atoms with Crippen molar-refractivity contribution in [3.05, 3.63) is 34.6 Å². The number of hydrogen-bond donors (Lipinski definition) is 1. The first kappa shape index (κ1) is 14.3. The molecule has 0 aromatic heterocycles. The van der Waals surface area contributed by atoms with Crippen molar-refractivity contribution in [3.63, 3.8) is 0 Å². The summed E-state index contributed by atoms with van der Waals surface area (Å²) in [5, 5.41) is 2.96. The number of amides is 2. The Balaban J connectivity index is 1.67. The van der Waals surface area contributed by atoms with Crippen LogP contribution in [0.3, 0.4) is 0 Å². The van der Waals surface area contributed by atoms with E-state index in [-0.39, 0.29) is 11.9 Å². The lowest BCUT2D eigenvalue weighted by atomic mass is 10.1. The predicted octanol–water partition coefficient (Wildman–Crippen LogP) is 0.622. The zero-order chi connectivity index (χ0) is 15.0. The lowest BCUT2D eigenvalue weighted by Gasteiger charge is -2.43. The smallest absolute Gasteiger partial charge is 0.312 e. The van der Waals surface area contributed by atoms with E-state index in [2.05, 4.69) is 10.2 Å². The molecule has 2 amide bonds. The van der Waals surface area contributed by atoms with Gasteiger partial charge in [0.25, 0.3) is 0 Å². The van der Waals surface area contributed by atoms with Crippen molar-refractivity contribution in [3.8, 4) is 0 Å². The molecule has 1 atom stereocenters. The molecule has 1 aromatic carbocycles. The first-order valence-corrected chi connectivity index (χ1v) is 7.17. The Morgan fingerprint density at radius 3 is 2.90 bits per heavy atom. The van der Waals surface area contributed by atoms with Crippen molar-refractivity contribution >= 4 is 23.4 Å². The maximum Gasteiger partial charge on any atom is 0.312 e. The van der Waals surface area contributed by atoms with Gasteiger partial charge in [-0.25, -0.2) is 4.39 Å². The standard InChI is InChI=1S/C14H15ClFN3O2/c15-10-2-1-9(12(16)5-10)7-18-3-4-19-11(8-18)6-17-13(20)14(19)21/h1-2,5,11H,3-4,6-8H2,(H,17,20)/t11-/m0/s1. The summed E-state index contributed by atoms with van der Waals surface area (Å²) in [4.78, 5) is 26.7. The van der Waals surface area contributed by atoms with Gasteiger partial charge in [-0.15, -0.1) is 0 Å². The van der Waals surface area contributed by atoms with Gasteiger partial charge in [-0.2, -0.15) is 0 Å². The van der Waals surface area contributed by atoms with Crippen LogP contribution >= 0.6 is 11.6 Å². The van der Waals surface area contributed by atoms with Crippen LogP contribution in [-0.2, 0) is 16.1 Å². The van der Waals surface area contributed by atoms with Gasteiger partial charge in [0, 0.05) is 43.3 Å². The van der Waals surface area contributed by atoms with E-state index in [0.717, 1.165) is 0 Å². The van der Waals surface area contributed by atoms with Gasteiger partial charge in [0.1, 0.15) is 5.82 Å². The number of carbonyl (C=O) groups is 2. The Kier molecular flexibility index (Phi) is 3.82. The van der Waals surface area contributed by atoms with Gasteiger partial charge in [-0.05, 0) is 12.1 Å². The van der Waals surface area contributed by atoms with Crippen LogP contribution in [0.5, 0.6) is 0 Å². The molecule has 112 valence electrons. The monoisotopic (exact) mass is 311 g/mol. The molecule has 1 aromatic rings. The van der Waals surface area contributed by atoms with E-state index in [1.807, 2.05) is 0 Å². The third kappa shape index (κ3) is 2.87. The Labute approximate surface area is 126 Å². The molecule has 2 saturated heterocycles. The molecule has 7 heteroatoms. The lowest BCUT2D eigenvalue weighted by molar-refractivity contribution is -0.152. The summed E-state index contributed by atoms with van der Waals surface area (Å²) >= 11 is 5.74. The second-order valence-corrected chi connectivity index (χ2v) is 5.77. The minimum Gasteiger partial charge on any atom is -0.346 e. The summed E-state index contributed by atoms with van der Waals surface area (Å²) in [6.45, 7) is 2.65. The fourth-order valence-corrected chi connectivity index (χ4v) is 2.97. The summed E-state index contributed by atoms with van der Waals surface area (Å²) < 4.78 is 13.8. The van der Waals surface area contributed by atoms with Crippen LogP contribution in [0.1, 0.15) is 5.56 Å². The molecule has 3 rings (SSSR count). The number of rotatable bonds is 2. The van der Waals surface area contributed by atoms with Crippen molar-refractivity contribution in [2.45, 2.75) is 12.6 Å². The number of hydrogen-bond acceptors (Lipinski definition) is 3. The minimum absolute atomic E-state index is 0.0423. The van der Waals surface area contributed by atoms with Crippen molar-refractivity contribution < 1.29 is 14.0 Å². The van der Waals surface area contributed by atoms with E-state index in [9.17, 15) is 14.0 Å². The highest BCUT2D eigenvalue weighted by Gasteiger charge is 2.37. The van der Waals surface area contributed by atoms with E-state index in [1.165, 1.54) is 6.07 Å². The van der Waals surface area contributed by atoms with Gasteiger partial charge in [0.15, 0.2) is 0 Å². The quantitative estimate of drug-likeness (QED) is 0.815. The second-order valence-electron chi connectivity index (χ2n) is 5.33. The van der Waals surface area contributed by atoms with E-state index in [4.69, 9.17) is 11.6 Å². The fourth-order valence-electron chi connectivity index (χ4n) is 2.81. The molecule has 0 saturated carbocycles. The van der Waals surface area contributed by atoms with Crippen molar-refractivity contribution in [2.75, 3.05) is 26.2 Å². The van der Waals surface area contributed by atoms with Gasteiger partial charge in [-0.3, -0.25) is 14.5 Å². The van der Waals surface area contributed by atoms with Crippen LogP contribution in [0.4, 0.5) is 4.39 Å². The number of nitrogens with zero attached hydrogens (tertiary/aromatic N) is 2. The van der Waals surface area contributed by atoms with Gasteiger partial charge < -0.3 is 10.2 Å². The molecular formula is C14H15ClFN3O2. The zero-order valence-electron chi connectivity index (χ0n) is 11.3. The van der Waals surface area contributed by atoms with Gasteiger partial charge in [0.05, 0.1) is 6.04 Å². The average Bonchev–Trinajstić information content (AvgIpc) is 2.46. The molecule has 2 fully saturated rings. The number of halogens is 2. The Bertz CT molecular complexity index is 596. The van der Waals surface area contributed by atoms with Gasteiger partial charge >= 0.3 is 11.8 Å². The third-order valence-corrected chi connectivity index (χ3v) is 4.16. The van der Waals surface area contributed by atoms with E-state index in [1.54, 1.807) is 17.0 Å². The first-order valence-electron chi connectivity index (χ1n) is 6.79. The van der Waals surface area contributed by atoms with Crippen LogP contribution in [0.2, 0.25) is 5.02 Å². The molecule has 0 unspecified atom stereocenters. The van der Waals surface area contributed by atoms with Crippen LogP contribution in [0.15, 0.2) is 18.2 Å². The minimum atomic E-state index is -0.538. The average molecular weight is 312 g/mol. The molecule has 0 aliphatic carbocycles. The van der Waals surface area contributed by atoms with Gasteiger partial charge in [0.2, 0.25) is 0 Å². The highest BCUT2D eigenvalue weighted by Crippen LogP contribution is 2.19. The second kappa shape index (κ2) is 5.61. The van der Waals surface area contributed by atoms with Crippen LogP contribution in [0, 0.1) is 5.82 Å². The number of nitrogens with one attached hydrogen (secondary N) is 1. The summed E-state index contributed by atoms with van der Waals surface area (Å²) in [6.07, 6.45) is 0. The molecule has 2 aliphatic rings. The number of benzene rings is 1. The Hall–Kier alpha value is -1.66. The SMILES string of the molecule is O=C1NC[C@H]2CN(Cc3ccc(Cl)cc3F)CCN2C1=O. The molecule has 2 heterocycles. The maximum absolute atomic E-state index is 13.8. The number of carbonyl (C=O) groups excluding carboxylic acids is 2. The lowest BCUT2D eigenvalue weighted by Crippen LogP contribution is -2.65. The van der Waals surface area contributed by atoms with Gasteiger partial charge in [-0.1, -0.05) is 17.7 Å². The summed E-state index contributed by atoms with van der Waals surface area (Å²) in [7, 11) is 0. The number of piperazine rings is 2. The van der Waals surface area contributed by atoms with Crippen molar-refractivity contribution in [1.29, 1.82) is 0 Å². The molecule has 1 N–H and O–H groups in total. The zero-order valence-corrected chi connectivity index (χ0v) is 12.1. The molecule has 5 nitrogen and oxygen atoms in total. The molecule has 2 aliphatic heterocycles. The molecule has 0 spiro atoms. The van der Waals surface area contributed by atoms with Crippen molar-refractivity contribution in [1.82, 2.24) is 15.1 Å². The van der Waals surface area contributed by atoms with Crippen LogP contribution < -0.4 is 5.32 Å². The van der Waals surface area contributed by atoms with E-state index >= 15 is 0 Å². The summed E-state index contributed by atoms with van der Waals surface area (Å²) in [6, 6.07) is 4.61. The summed E-state index contributed by atoms with van der Waals surface area (Å²) in [5.74, 6) is -1.33. The van der Waals surface area contributed by atoms with E-state index in [0.29, 0.717) is 43.3 Å². The predicted molar refractivity (Wildman–Crippen MR) is 75.2 cm³/mol. The molecule has 0 radical (unpaired) electrons. The largest absolute Gasteiger partial charge is 0.346 e. The number of fused-ring (bicyclic) bond motifs is 1. The van der Waals surface area contributed by atoms with E-state index < -0.39 is 11.8 Å². The van der Waals surface area contributed by atoms with Crippen LogP contribution in [0.25, 0.3) is 0 Å². The molecular weight excluding hydrogens is 297 g/mol. The Morgan fingerprint density at radius 2 is 2.14 bits per heavy atom. The maximum atomic E-state index is 13.8. The highest BCUT2D eigenvalue weighted by atomic mass is 35.5. The first-order chi connectivity index (χ1) is 10.0. The Morgan fingerprint density at radius 1 is 1.33 bits per heavy atom. The van der Waals surface area contributed by atoms with Crippen molar-refractivity contribution in [2.24, 2.45) is 0 Å².